The Balaban J connectivity index is 0.00000144. The molecule has 1 rings (SSSR count). The zero-order valence-corrected chi connectivity index (χ0v) is 8.32. The van der Waals surface area contributed by atoms with Crippen LogP contribution in [0.1, 0.15) is 5.56 Å². The van der Waals surface area contributed by atoms with Gasteiger partial charge in [0.15, 0.2) is 0 Å². The lowest BCUT2D eigenvalue weighted by Gasteiger charge is -1.98. The lowest BCUT2D eigenvalue weighted by molar-refractivity contribution is 0.481. The van der Waals surface area contributed by atoms with Crippen LogP contribution in [-0.2, 0) is 10.1 Å². The zero-order valence-electron chi connectivity index (χ0n) is 6.69. The summed E-state index contributed by atoms with van der Waals surface area (Å²) < 4.78 is 42.2. The zero-order chi connectivity index (χ0) is 9.35. The minimum Gasteiger partial charge on any atom is -0.282 e. The highest BCUT2D eigenvalue weighted by Crippen LogP contribution is 2.13. The molecule has 1 aromatic carbocycles. The molecule has 0 atom stereocenters. The second-order valence-corrected chi connectivity index (χ2v) is 3.81. The van der Waals surface area contributed by atoms with E-state index in [-0.39, 0.29) is 12.4 Å². The molecule has 1 N–H and O–H groups in total. The summed E-state index contributed by atoms with van der Waals surface area (Å²) >= 11 is 0. The average molecular weight is 227 g/mol. The van der Waals surface area contributed by atoms with Crippen molar-refractivity contribution in [3.63, 3.8) is 0 Å². The van der Waals surface area contributed by atoms with E-state index in [2.05, 4.69) is 0 Å². The van der Waals surface area contributed by atoms with Gasteiger partial charge >= 0.3 is 0 Å². The molecule has 0 aliphatic carbocycles. The Morgan fingerprint density at radius 2 is 1.92 bits per heavy atom. The fourth-order valence-corrected chi connectivity index (χ4v) is 1.23. The Kier molecular flexibility index (Phi) is 3.84. The van der Waals surface area contributed by atoms with E-state index < -0.39 is 20.8 Å². The maximum absolute atomic E-state index is 12.7. The summed E-state index contributed by atoms with van der Waals surface area (Å²) in [6.07, 6.45) is 0. The molecule has 0 amide bonds. The van der Waals surface area contributed by atoms with Gasteiger partial charge in [0.1, 0.15) is 5.82 Å². The molecule has 0 heterocycles. The van der Waals surface area contributed by atoms with E-state index in [4.69, 9.17) is 4.55 Å². The summed E-state index contributed by atoms with van der Waals surface area (Å²) in [6.45, 7) is 1.50. The van der Waals surface area contributed by atoms with Crippen molar-refractivity contribution in [1.29, 1.82) is 0 Å². The van der Waals surface area contributed by atoms with Crippen LogP contribution >= 0.6 is 12.4 Å². The van der Waals surface area contributed by atoms with Crippen molar-refractivity contribution in [2.75, 3.05) is 0 Å². The SMILES string of the molecule is Cc1ccc(S(=O)(=O)O)cc1F.Cl. The fraction of sp³-hybridized carbons (Fsp3) is 0.143. The molecular weight excluding hydrogens is 219 g/mol. The first-order valence-corrected chi connectivity index (χ1v) is 4.59. The Bertz CT molecular complexity index is 402. The van der Waals surface area contributed by atoms with Crippen LogP contribution in [0, 0.1) is 12.7 Å². The summed E-state index contributed by atoms with van der Waals surface area (Å²) in [5.74, 6) is -0.648. The van der Waals surface area contributed by atoms with Crippen molar-refractivity contribution in [3.8, 4) is 0 Å². The predicted octanol–water partition coefficient (Wildman–Crippen LogP) is 1.80. The Morgan fingerprint density at radius 1 is 1.38 bits per heavy atom. The topological polar surface area (TPSA) is 54.4 Å². The third-order valence-corrected chi connectivity index (χ3v) is 2.29. The number of hydrogen-bond donors (Lipinski definition) is 1. The van der Waals surface area contributed by atoms with Crippen LogP contribution < -0.4 is 0 Å². The molecule has 0 saturated carbocycles. The summed E-state index contributed by atoms with van der Waals surface area (Å²) in [4.78, 5) is -0.425. The Labute approximate surface area is 81.7 Å². The van der Waals surface area contributed by atoms with Gasteiger partial charge in [-0.15, -0.1) is 12.4 Å². The van der Waals surface area contributed by atoms with E-state index in [1.54, 1.807) is 0 Å². The summed E-state index contributed by atoms with van der Waals surface area (Å²) in [6, 6.07) is 3.22. The molecule has 0 bridgehead atoms. The third-order valence-electron chi connectivity index (χ3n) is 1.44. The van der Waals surface area contributed by atoms with Crippen LogP contribution in [0.2, 0.25) is 0 Å². The van der Waals surface area contributed by atoms with E-state index in [1.807, 2.05) is 0 Å². The van der Waals surface area contributed by atoms with E-state index in [0.717, 1.165) is 12.1 Å². The first-order valence-electron chi connectivity index (χ1n) is 3.15. The van der Waals surface area contributed by atoms with Crippen LogP contribution in [0.25, 0.3) is 0 Å². The third kappa shape index (κ3) is 2.95. The van der Waals surface area contributed by atoms with Gasteiger partial charge in [0.25, 0.3) is 10.1 Å². The normalized spacial score (nSPS) is 10.7. The van der Waals surface area contributed by atoms with E-state index in [9.17, 15) is 12.8 Å². The van der Waals surface area contributed by atoms with Gasteiger partial charge in [0.2, 0.25) is 0 Å². The molecule has 1 aromatic rings. The van der Waals surface area contributed by atoms with Crippen LogP contribution in [0.4, 0.5) is 4.39 Å². The number of halogens is 2. The number of benzene rings is 1. The highest BCUT2D eigenvalue weighted by Gasteiger charge is 2.10. The highest BCUT2D eigenvalue weighted by atomic mass is 35.5. The second-order valence-electron chi connectivity index (χ2n) is 2.39. The summed E-state index contributed by atoms with van der Waals surface area (Å²) in [7, 11) is -4.28. The second kappa shape index (κ2) is 4.04. The quantitative estimate of drug-likeness (QED) is 0.743. The average Bonchev–Trinajstić information content (AvgIpc) is 1.92. The molecule has 3 nitrogen and oxygen atoms in total. The maximum Gasteiger partial charge on any atom is 0.294 e. The van der Waals surface area contributed by atoms with Crippen molar-refractivity contribution in [1.82, 2.24) is 0 Å². The Morgan fingerprint density at radius 3 is 2.31 bits per heavy atom. The molecule has 6 heteroatoms. The molecule has 13 heavy (non-hydrogen) atoms. The van der Waals surface area contributed by atoms with Gasteiger partial charge < -0.3 is 0 Å². The van der Waals surface area contributed by atoms with Crippen molar-refractivity contribution < 1.29 is 17.4 Å². The molecule has 0 fully saturated rings. The van der Waals surface area contributed by atoms with Gasteiger partial charge in [-0.05, 0) is 24.6 Å². The highest BCUT2D eigenvalue weighted by molar-refractivity contribution is 7.85. The van der Waals surface area contributed by atoms with E-state index in [0.29, 0.717) is 5.56 Å². The van der Waals surface area contributed by atoms with Crippen LogP contribution in [-0.4, -0.2) is 13.0 Å². The molecule has 74 valence electrons. The van der Waals surface area contributed by atoms with E-state index in [1.165, 1.54) is 13.0 Å². The van der Waals surface area contributed by atoms with Crippen molar-refractivity contribution in [3.05, 3.63) is 29.6 Å². The van der Waals surface area contributed by atoms with Gasteiger partial charge in [0, 0.05) is 0 Å². The van der Waals surface area contributed by atoms with E-state index >= 15 is 0 Å². The standard InChI is InChI=1S/C7H7FO3S.ClH/c1-5-2-3-6(4-7(5)8)12(9,10)11;/h2-4H,1H3,(H,9,10,11);1H. The van der Waals surface area contributed by atoms with Gasteiger partial charge in [-0.25, -0.2) is 4.39 Å². The monoisotopic (exact) mass is 226 g/mol. The summed E-state index contributed by atoms with van der Waals surface area (Å²) in [5.41, 5.74) is 0.336. The minimum absolute atomic E-state index is 0. The number of rotatable bonds is 1. The first kappa shape index (κ1) is 12.3. The molecule has 0 saturated heterocycles. The van der Waals surface area contributed by atoms with Crippen LogP contribution in [0.15, 0.2) is 23.1 Å². The van der Waals surface area contributed by atoms with Gasteiger partial charge in [-0.3, -0.25) is 4.55 Å². The predicted molar refractivity (Wildman–Crippen MR) is 48.2 cm³/mol. The van der Waals surface area contributed by atoms with Crippen molar-refractivity contribution in [2.24, 2.45) is 0 Å². The molecule has 0 aliphatic rings. The van der Waals surface area contributed by atoms with Crippen molar-refractivity contribution >= 4 is 22.5 Å². The van der Waals surface area contributed by atoms with Gasteiger partial charge in [0.05, 0.1) is 4.90 Å². The molecule has 0 aliphatic heterocycles. The lowest BCUT2D eigenvalue weighted by Crippen LogP contribution is -1.98. The summed E-state index contributed by atoms with van der Waals surface area (Å²) in [5, 5.41) is 0. The smallest absolute Gasteiger partial charge is 0.282 e. The van der Waals surface area contributed by atoms with Gasteiger partial charge in [-0.2, -0.15) is 8.42 Å². The fourth-order valence-electron chi connectivity index (χ4n) is 0.734. The first-order chi connectivity index (χ1) is 5.41. The number of hydrogen-bond acceptors (Lipinski definition) is 2. The van der Waals surface area contributed by atoms with Crippen LogP contribution in [0.3, 0.4) is 0 Å². The van der Waals surface area contributed by atoms with Gasteiger partial charge in [-0.1, -0.05) is 6.07 Å². The minimum atomic E-state index is -4.28. The van der Waals surface area contributed by atoms with Crippen LogP contribution in [0.5, 0.6) is 0 Å². The molecule has 0 unspecified atom stereocenters. The molecular formula is C7H8ClFO3S. The molecule has 0 aromatic heterocycles. The molecule has 0 radical (unpaired) electrons. The Hall–Kier alpha value is -0.650. The lowest BCUT2D eigenvalue weighted by atomic mass is 10.2. The number of aryl methyl sites for hydroxylation is 1. The van der Waals surface area contributed by atoms with Crippen molar-refractivity contribution in [2.45, 2.75) is 11.8 Å². The maximum atomic E-state index is 12.7. The molecule has 0 spiro atoms. The largest absolute Gasteiger partial charge is 0.294 e.